The van der Waals surface area contributed by atoms with Gasteiger partial charge in [0.15, 0.2) is 11.5 Å². The van der Waals surface area contributed by atoms with Crippen LogP contribution in [0.1, 0.15) is 10.4 Å². The monoisotopic (exact) mass is 391 g/mol. The molecule has 0 aliphatic heterocycles. The Hall–Kier alpha value is -3.62. The summed E-state index contributed by atoms with van der Waals surface area (Å²) in [6, 6.07) is 10.1. The van der Waals surface area contributed by atoms with Crippen LogP contribution in [0.3, 0.4) is 0 Å². The molecule has 7 nitrogen and oxygen atoms in total. The number of carbonyl (C=O) groups is 2. The number of alkyl halides is 2. The Kier molecular flexibility index (Phi) is 7.32. The number of ether oxygens (including phenoxy) is 2. The molecule has 0 radical (unpaired) electrons. The van der Waals surface area contributed by atoms with Crippen molar-refractivity contribution in [1.82, 2.24) is 5.32 Å². The molecule has 0 heterocycles. The van der Waals surface area contributed by atoms with Gasteiger partial charge in [-0.05, 0) is 36.4 Å². The van der Waals surface area contributed by atoms with E-state index in [-0.39, 0.29) is 17.1 Å². The minimum Gasteiger partial charge on any atom is -0.493 e. The average molecular weight is 391 g/mol. The fourth-order valence-electron chi connectivity index (χ4n) is 2.24. The number of halogens is 2. The summed E-state index contributed by atoms with van der Waals surface area (Å²) in [4.78, 5) is 24.1. The van der Waals surface area contributed by atoms with Crippen LogP contribution in [0.15, 0.2) is 55.1 Å². The van der Waals surface area contributed by atoms with Crippen LogP contribution in [0.5, 0.6) is 11.5 Å². The quantitative estimate of drug-likeness (QED) is 0.597. The predicted molar refractivity (Wildman–Crippen MR) is 101 cm³/mol. The highest BCUT2D eigenvalue weighted by molar-refractivity contribution is 6.06. The van der Waals surface area contributed by atoms with E-state index in [1.807, 2.05) is 0 Å². The number of benzene rings is 2. The van der Waals surface area contributed by atoms with Crippen molar-refractivity contribution in [2.45, 2.75) is 6.61 Å². The number of hydrogen-bond donors (Lipinski definition) is 3. The second-order valence-electron chi connectivity index (χ2n) is 5.37. The highest BCUT2D eigenvalue weighted by Gasteiger charge is 2.20. The molecular weight excluding hydrogens is 372 g/mol. The van der Waals surface area contributed by atoms with Crippen LogP contribution < -0.4 is 25.4 Å². The Morgan fingerprint density at radius 3 is 2.32 bits per heavy atom. The van der Waals surface area contributed by atoms with E-state index in [0.717, 1.165) is 0 Å². The topological polar surface area (TPSA) is 88.7 Å². The first kappa shape index (κ1) is 20.7. The van der Waals surface area contributed by atoms with Crippen molar-refractivity contribution in [2.24, 2.45) is 0 Å². The molecule has 0 bridgehead atoms. The van der Waals surface area contributed by atoms with E-state index < -0.39 is 18.5 Å². The molecule has 0 saturated heterocycles. The molecule has 2 aromatic carbocycles. The summed E-state index contributed by atoms with van der Waals surface area (Å²) in [6.07, 6.45) is 1.54. The zero-order chi connectivity index (χ0) is 20.5. The molecule has 28 heavy (non-hydrogen) atoms. The Bertz CT molecular complexity index is 842. The molecule has 0 unspecified atom stereocenters. The van der Waals surface area contributed by atoms with Crippen LogP contribution in [-0.4, -0.2) is 32.2 Å². The molecule has 0 aliphatic carbocycles. The standard InChI is InChI=1S/C19H19F2N3O4/c1-3-11-22-19(26)24-13-9-7-12(8-10-13)23-17(25)14-5-4-6-15(27-2)16(14)28-18(20)21/h3-10,18H,1,11H2,2H3,(H,23,25)(H2,22,24,26). The van der Waals surface area contributed by atoms with Crippen LogP contribution in [0.4, 0.5) is 25.0 Å². The van der Waals surface area contributed by atoms with E-state index in [1.165, 1.54) is 25.3 Å². The smallest absolute Gasteiger partial charge is 0.387 e. The molecule has 2 aromatic rings. The van der Waals surface area contributed by atoms with E-state index in [4.69, 9.17) is 4.74 Å². The maximum atomic E-state index is 12.7. The highest BCUT2D eigenvalue weighted by atomic mass is 19.3. The van der Waals surface area contributed by atoms with Gasteiger partial charge in [-0.2, -0.15) is 8.78 Å². The Labute approximate surface area is 160 Å². The van der Waals surface area contributed by atoms with Gasteiger partial charge in [0.05, 0.1) is 12.7 Å². The molecule has 148 valence electrons. The van der Waals surface area contributed by atoms with Gasteiger partial charge in [0.2, 0.25) is 0 Å². The Morgan fingerprint density at radius 2 is 1.75 bits per heavy atom. The summed E-state index contributed by atoms with van der Waals surface area (Å²) in [5.74, 6) is -0.994. The normalized spacial score (nSPS) is 10.1. The molecule has 0 saturated carbocycles. The van der Waals surface area contributed by atoms with E-state index >= 15 is 0 Å². The van der Waals surface area contributed by atoms with E-state index in [9.17, 15) is 18.4 Å². The van der Waals surface area contributed by atoms with Gasteiger partial charge in [-0.25, -0.2) is 4.79 Å². The summed E-state index contributed by atoms with van der Waals surface area (Å²) in [6.45, 7) is 0.708. The second kappa shape index (κ2) is 9.91. The summed E-state index contributed by atoms with van der Waals surface area (Å²) in [7, 11) is 1.28. The third kappa shape index (κ3) is 5.70. The fraction of sp³-hybridized carbons (Fsp3) is 0.158. The molecule has 0 atom stereocenters. The van der Waals surface area contributed by atoms with Crippen molar-refractivity contribution < 1.29 is 27.8 Å². The number of rotatable bonds is 8. The lowest BCUT2D eigenvalue weighted by Crippen LogP contribution is -2.28. The van der Waals surface area contributed by atoms with Gasteiger partial charge >= 0.3 is 12.6 Å². The van der Waals surface area contributed by atoms with Gasteiger partial charge < -0.3 is 25.4 Å². The molecular formula is C19H19F2N3O4. The number of hydrogen-bond acceptors (Lipinski definition) is 4. The van der Waals surface area contributed by atoms with Crippen molar-refractivity contribution in [3.8, 4) is 11.5 Å². The molecule has 0 aromatic heterocycles. The SMILES string of the molecule is C=CCNC(=O)Nc1ccc(NC(=O)c2cccc(OC)c2OC(F)F)cc1. The first-order chi connectivity index (χ1) is 13.4. The molecule has 0 fully saturated rings. The lowest BCUT2D eigenvalue weighted by atomic mass is 10.1. The average Bonchev–Trinajstić information content (AvgIpc) is 2.67. The minimum atomic E-state index is -3.11. The zero-order valence-corrected chi connectivity index (χ0v) is 15.0. The predicted octanol–water partition coefficient (Wildman–Crippen LogP) is 3.86. The Morgan fingerprint density at radius 1 is 1.11 bits per heavy atom. The van der Waals surface area contributed by atoms with Crippen LogP contribution in [0.2, 0.25) is 0 Å². The van der Waals surface area contributed by atoms with Crippen molar-refractivity contribution in [1.29, 1.82) is 0 Å². The highest BCUT2D eigenvalue weighted by Crippen LogP contribution is 2.33. The summed E-state index contributed by atoms with van der Waals surface area (Å²) in [5.41, 5.74) is 0.793. The number of amides is 3. The first-order valence-electron chi connectivity index (χ1n) is 8.13. The molecule has 0 spiro atoms. The van der Waals surface area contributed by atoms with Crippen LogP contribution in [0, 0.1) is 0 Å². The lowest BCUT2D eigenvalue weighted by molar-refractivity contribution is -0.0515. The first-order valence-corrected chi connectivity index (χ1v) is 8.13. The number of nitrogens with one attached hydrogen (secondary N) is 3. The number of para-hydroxylation sites is 1. The lowest BCUT2D eigenvalue weighted by Gasteiger charge is -2.14. The van der Waals surface area contributed by atoms with Crippen LogP contribution in [-0.2, 0) is 0 Å². The van der Waals surface area contributed by atoms with Crippen molar-refractivity contribution in [3.05, 3.63) is 60.7 Å². The maximum Gasteiger partial charge on any atom is 0.387 e. The van der Waals surface area contributed by atoms with Gasteiger partial charge in [0.25, 0.3) is 5.91 Å². The van der Waals surface area contributed by atoms with Crippen molar-refractivity contribution in [3.63, 3.8) is 0 Å². The van der Waals surface area contributed by atoms with Gasteiger partial charge in [0.1, 0.15) is 0 Å². The fourth-order valence-corrected chi connectivity index (χ4v) is 2.24. The van der Waals surface area contributed by atoms with Gasteiger partial charge in [-0.15, -0.1) is 6.58 Å². The number of anilines is 2. The van der Waals surface area contributed by atoms with E-state index in [2.05, 4.69) is 27.3 Å². The molecule has 0 aliphatic rings. The van der Waals surface area contributed by atoms with Crippen LogP contribution >= 0.6 is 0 Å². The summed E-state index contributed by atoms with van der Waals surface area (Å²) >= 11 is 0. The second-order valence-corrected chi connectivity index (χ2v) is 5.37. The number of carbonyl (C=O) groups excluding carboxylic acids is 2. The molecule has 9 heteroatoms. The third-order valence-electron chi connectivity index (χ3n) is 3.46. The summed E-state index contributed by atoms with van der Waals surface area (Å²) < 4.78 is 34.8. The zero-order valence-electron chi connectivity index (χ0n) is 15.0. The maximum absolute atomic E-state index is 12.7. The van der Waals surface area contributed by atoms with E-state index in [0.29, 0.717) is 17.9 Å². The summed E-state index contributed by atoms with van der Waals surface area (Å²) in [5, 5.41) is 7.74. The van der Waals surface area contributed by atoms with Gasteiger partial charge in [0, 0.05) is 17.9 Å². The van der Waals surface area contributed by atoms with Crippen LogP contribution in [0.25, 0.3) is 0 Å². The van der Waals surface area contributed by atoms with E-state index in [1.54, 1.807) is 30.3 Å². The number of urea groups is 1. The molecule has 3 amide bonds. The van der Waals surface area contributed by atoms with Gasteiger partial charge in [-0.1, -0.05) is 12.1 Å². The molecule has 2 rings (SSSR count). The van der Waals surface area contributed by atoms with Crippen molar-refractivity contribution in [2.75, 3.05) is 24.3 Å². The Balaban J connectivity index is 2.11. The molecule has 3 N–H and O–H groups in total. The largest absolute Gasteiger partial charge is 0.493 e. The van der Waals surface area contributed by atoms with Gasteiger partial charge in [-0.3, -0.25) is 4.79 Å². The minimum absolute atomic E-state index is 0.0121. The van der Waals surface area contributed by atoms with Crippen molar-refractivity contribution >= 4 is 23.3 Å². The third-order valence-corrected chi connectivity index (χ3v) is 3.46. The number of methoxy groups -OCH3 is 1.